The molecule has 0 bridgehead atoms. The molecular formula is C47H56N8O8S. The summed E-state index contributed by atoms with van der Waals surface area (Å²) in [6, 6.07) is 10.1. The first kappa shape index (κ1) is 43.6. The molecule has 1 atom stereocenters. The number of nitrogens with one attached hydrogen (secondary N) is 2. The Kier molecular flexibility index (Phi) is 11.9. The van der Waals surface area contributed by atoms with Gasteiger partial charge in [-0.2, -0.15) is 0 Å². The first-order valence-corrected chi connectivity index (χ1v) is 23.0. The molecule has 2 aromatic carbocycles. The van der Waals surface area contributed by atoms with Crippen LogP contribution in [0.15, 0.2) is 47.4 Å². The van der Waals surface area contributed by atoms with Gasteiger partial charge in [-0.1, -0.05) is 0 Å². The largest absolute Gasteiger partial charge is 0.496 e. The second-order valence-corrected chi connectivity index (χ2v) is 19.4. The average Bonchev–Trinajstić information content (AvgIpc) is 3.83. The van der Waals surface area contributed by atoms with Gasteiger partial charge in [-0.05, 0) is 107 Å². The van der Waals surface area contributed by atoms with E-state index in [4.69, 9.17) is 9.47 Å². The molecule has 1 aliphatic carbocycles. The van der Waals surface area contributed by atoms with Crippen molar-refractivity contribution < 1.29 is 33.4 Å². The zero-order chi connectivity index (χ0) is 45.0. The maximum atomic E-state index is 13.7. The number of carbonyl (C=O) groups excluding carboxylic acids is 5. The van der Waals surface area contributed by atoms with Crippen molar-refractivity contribution in [3.8, 4) is 22.6 Å². The van der Waals surface area contributed by atoms with E-state index in [1.807, 2.05) is 38.5 Å². The molecule has 64 heavy (non-hydrogen) atoms. The SMILES string of the molecule is COc1cc(-c2cn(C)c(=O)c3cc(C(=O)NC4CC5(CCN(CCN6CCN(c7ccc8c(c7)C(=O)N(C7CCC(=O)NC7=O)C8=O)CC6)CC5)C4)sc23)cc(OC)c1CN(C)C. The number of aromatic nitrogens is 1. The van der Waals surface area contributed by atoms with Crippen LogP contribution in [0.5, 0.6) is 11.5 Å². The molecule has 338 valence electrons. The molecule has 2 N–H and O–H groups in total. The van der Waals surface area contributed by atoms with Crippen LogP contribution >= 0.6 is 11.3 Å². The molecule has 6 heterocycles. The molecular weight excluding hydrogens is 837 g/mol. The van der Waals surface area contributed by atoms with Crippen molar-refractivity contribution in [1.82, 2.24) is 34.8 Å². The van der Waals surface area contributed by atoms with Crippen LogP contribution in [-0.4, -0.2) is 146 Å². The van der Waals surface area contributed by atoms with E-state index in [1.165, 1.54) is 11.3 Å². The van der Waals surface area contributed by atoms with Crippen molar-refractivity contribution in [3.63, 3.8) is 0 Å². The van der Waals surface area contributed by atoms with Crippen molar-refractivity contribution in [2.75, 3.05) is 85.6 Å². The molecule has 9 rings (SSSR count). The fourth-order valence-electron chi connectivity index (χ4n) is 10.4. The quantitative estimate of drug-likeness (QED) is 0.199. The number of fused-ring (bicyclic) bond motifs is 2. The molecule has 0 radical (unpaired) electrons. The third kappa shape index (κ3) is 8.18. The van der Waals surface area contributed by atoms with E-state index in [0.717, 1.165) is 110 Å². The topological polar surface area (TPSA) is 166 Å². The fraction of sp³-hybridized carbons (Fsp3) is 0.489. The third-order valence-corrected chi connectivity index (χ3v) is 15.1. The highest BCUT2D eigenvalue weighted by atomic mass is 32.1. The number of hydrogen-bond acceptors (Lipinski definition) is 13. The van der Waals surface area contributed by atoms with Gasteiger partial charge in [0.2, 0.25) is 11.8 Å². The molecule has 17 heteroatoms. The summed E-state index contributed by atoms with van der Waals surface area (Å²) in [4.78, 5) is 88.5. The van der Waals surface area contributed by atoms with Crippen molar-refractivity contribution in [3.05, 3.63) is 74.5 Å². The van der Waals surface area contributed by atoms with Crippen LogP contribution in [0.2, 0.25) is 0 Å². The van der Waals surface area contributed by atoms with Gasteiger partial charge < -0.3 is 34.1 Å². The summed E-state index contributed by atoms with van der Waals surface area (Å²) < 4.78 is 13.9. The van der Waals surface area contributed by atoms with Gasteiger partial charge in [-0.25, -0.2) is 0 Å². The number of thiophene rings is 1. The maximum Gasteiger partial charge on any atom is 0.262 e. The Morgan fingerprint density at radius 1 is 0.859 bits per heavy atom. The first-order chi connectivity index (χ1) is 30.7. The molecule has 5 aliphatic rings. The minimum atomic E-state index is -0.977. The van der Waals surface area contributed by atoms with Crippen LogP contribution in [0, 0.1) is 5.41 Å². The van der Waals surface area contributed by atoms with Gasteiger partial charge in [0.25, 0.3) is 23.3 Å². The summed E-state index contributed by atoms with van der Waals surface area (Å²) in [6.45, 7) is 8.03. The summed E-state index contributed by atoms with van der Waals surface area (Å²) in [5.41, 5.74) is 4.19. The van der Waals surface area contributed by atoms with Gasteiger partial charge >= 0.3 is 0 Å². The predicted octanol–water partition coefficient (Wildman–Crippen LogP) is 3.54. The van der Waals surface area contributed by atoms with Crippen LogP contribution in [0.25, 0.3) is 21.2 Å². The zero-order valence-corrected chi connectivity index (χ0v) is 38.0. The van der Waals surface area contributed by atoms with Crippen molar-refractivity contribution in [1.29, 1.82) is 0 Å². The standard InChI is InChI=1S/C47H56N8O8S/c1-50(2)26-35-37(62-4)20-28(21-38(35)63-5)34-27-51(3)44(59)33-23-39(64-41(33)34)43(58)48-29-24-47(25-29)10-12-52(13-11-47)14-15-53-16-18-54(19-17-53)30-6-7-31-32(22-30)46(61)55(45(31)60)36-8-9-40(56)49-42(36)57/h6-7,20-23,27,29,36H,8-19,24-26H2,1-5H3,(H,48,58)(H,49,56,57). The van der Waals surface area contributed by atoms with Gasteiger partial charge in [0.15, 0.2) is 0 Å². The number of piperazine rings is 1. The Balaban J connectivity index is 0.747. The molecule has 3 saturated heterocycles. The van der Waals surface area contributed by atoms with E-state index in [9.17, 15) is 28.8 Å². The van der Waals surface area contributed by atoms with Crippen molar-refractivity contribution >= 4 is 56.6 Å². The first-order valence-electron chi connectivity index (χ1n) is 22.1. The van der Waals surface area contributed by atoms with Crippen LogP contribution in [0.1, 0.15) is 74.5 Å². The van der Waals surface area contributed by atoms with Crippen molar-refractivity contribution in [2.45, 2.75) is 57.2 Å². The van der Waals surface area contributed by atoms with Crippen LogP contribution < -0.4 is 30.6 Å². The van der Waals surface area contributed by atoms with Gasteiger partial charge in [-0.15, -0.1) is 11.3 Å². The number of hydrogen-bond donors (Lipinski definition) is 2. The molecule has 1 saturated carbocycles. The Labute approximate surface area is 376 Å². The number of nitrogens with zero attached hydrogens (tertiary/aromatic N) is 6. The maximum absolute atomic E-state index is 13.7. The second-order valence-electron chi connectivity index (χ2n) is 18.3. The van der Waals surface area contributed by atoms with E-state index in [1.54, 1.807) is 44.0 Å². The minimum absolute atomic E-state index is 0.0890. The number of anilines is 1. The molecule has 4 aliphatic heterocycles. The van der Waals surface area contributed by atoms with E-state index < -0.39 is 29.7 Å². The van der Waals surface area contributed by atoms with E-state index >= 15 is 0 Å². The highest BCUT2D eigenvalue weighted by Gasteiger charge is 2.47. The highest BCUT2D eigenvalue weighted by molar-refractivity contribution is 7.21. The second kappa shape index (κ2) is 17.4. The summed E-state index contributed by atoms with van der Waals surface area (Å²) in [6.07, 6.45) is 6.18. The number of imide groups is 2. The lowest BCUT2D eigenvalue weighted by Gasteiger charge is -2.52. The molecule has 4 aromatic rings. The van der Waals surface area contributed by atoms with Gasteiger partial charge in [0, 0.05) is 87.5 Å². The lowest BCUT2D eigenvalue weighted by Crippen LogP contribution is -2.55. The molecule has 1 unspecified atom stereocenters. The fourth-order valence-corrected chi connectivity index (χ4v) is 11.4. The molecule has 5 amide bonds. The number of pyridine rings is 1. The Bertz CT molecular complexity index is 2570. The number of likely N-dealkylation sites (tertiary alicyclic amines) is 1. The zero-order valence-electron chi connectivity index (χ0n) is 37.2. The number of amides is 5. The molecule has 4 fully saturated rings. The Morgan fingerprint density at radius 2 is 1.52 bits per heavy atom. The predicted molar refractivity (Wildman–Crippen MR) is 243 cm³/mol. The van der Waals surface area contributed by atoms with Crippen LogP contribution in [0.4, 0.5) is 5.69 Å². The summed E-state index contributed by atoms with van der Waals surface area (Å²) >= 11 is 1.35. The van der Waals surface area contributed by atoms with Crippen LogP contribution in [-0.2, 0) is 23.2 Å². The molecule has 16 nitrogen and oxygen atoms in total. The monoisotopic (exact) mass is 892 g/mol. The van der Waals surface area contributed by atoms with Gasteiger partial charge in [0.1, 0.15) is 17.5 Å². The number of aryl methyl sites for hydroxylation is 1. The number of piperidine rings is 2. The summed E-state index contributed by atoms with van der Waals surface area (Å²) in [7, 11) is 8.99. The number of ether oxygens (including phenoxy) is 2. The number of rotatable bonds is 12. The summed E-state index contributed by atoms with van der Waals surface area (Å²) in [5.74, 6) is -0.736. The van der Waals surface area contributed by atoms with E-state index in [2.05, 4.69) is 30.2 Å². The smallest absolute Gasteiger partial charge is 0.262 e. The van der Waals surface area contributed by atoms with Gasteiger partial charge in [0.05, 0.1) is 41.2 Å². The normalized spacial score (nSPS) is 20.6. The third-order valence-electron chi connectivity index (χ3n) is 14.0. The van der Waals surface area contributed by atoms with E-state index in [0.29, 0.717) is 39.4 Å². The number of carbonyl (C=O) groups is 5. The van der Waals surface area contributed by atoms with E-state index in [-0.39, 0.29) is 35.8 Å². The van der Waals surface area contributed by atoms with Crippen molar-refractivity contribution in [2.24, 2.45) is 12.5 Å². The Morgan fingerprint density at radius 3 is 2.16 bits per heavy atom. The van der Waals surface area contributed by atoms with Crippen LogP contribution in [0.3, 0.4) is 0 Å². The van der Waals surface area contributed by atoms with Gasteiger partial charge in [-0.3, -0.25) is 43.9 Å². The number of benzene rings is 2. The Hall–Kier alpha value is -5.62. The highest BCUT2D eigenvalue weighted by Crippen LogP contribution is 2.49. The lowest BCUT2D eigenvalue weighted by atomic mass is 9.60. The minimum Gasteiger partial charge on any atom is -0.496 e. The molecule has 2 aromatic heterocycles. The lowest BCUT2D eigenvalue weighted by molar-refractivity contribution is -0.136. The molecule has 1 spiro atoms. The summed E-state index contributed by atoms with van der Waals surface area (Å²) in [5, 5.41) is 6.05. The number of methoxy groups -OCH3 is 2. The average molecular weight is 893 g/mol.